The number of nitrogens with one attached hydrogen (secondary N) is 1. The van der Waals surface area contributed by atoms with Crippen LogP contribution in [0.15, 0.2) is 24.5 Å². The van der Waals surface area contributed by atoms with Gasteiger partial charge in [-0.25, -0.2) is 4.98 Å². The fourth-order valence-corrected chi connectivity index (χ4v) is 1.97. The quantitative estimate of drug-likeness (QED) is 0.897. The summed E-state index contributed by atoms with van der Waals surface area (Å²) in [4.78, 5) is 15.9. The van der Waals surface area contributed by atoms with Crippen molar-refractivity contribution < 1.29 is 4.79 Å². The Morgan fingerprint density at radius 3 is 2.89 bits per heavy atom. The molecule has 1 aromatic heterocycles. The fourth-order valence-electron chi connectivity index (χ4n) is 1.97. The molecule has 18 heavy (non-hydrogen) atoms. The van der Waals surface area contributed by atoms with Crippen LogP contribution in [0.1, 0.15) is 39.7 Å². The lowest BCUT2D eigenvalue weighted by Crippen LogP contribution is -2.10. The predicted octanol–water partition coefficient (Wildman–Crippen LogP) is 3.36. The molecule has 0 radical (unpaired) electrons. The van der Waals surface area contributed by atoms with Gasteiger partial charge < -0.3 is 9.88 Å². The van der Waals surface area contributed by atoms with Crippen LogP contribution in [0.5, 0.6) is 0 Å². The van der Waals surface area contributed by atoms with Crippen LogP contribution < -0.4 is 5.32 Å². The molecular formula is C14H19N3O. The molecule has 1 heterocycles. The lowest BCUT2D eigenvalue weighted by molar-refractivity contribution is -0.116. The maximum atomic E-state index is 11.5. The van der Waals surface area contributed by atoms with Crippen molar-refractivity contribution in [2.24, 2.45) is 0 Å². The van der Waals surface area contributed by atoms with Gasteiger partial charge in [0.05, 0.1) is 17.4 Å². The summed E-state index contributed by atoms with van der Waals surface area (Å²) in [6.07, 6.45) is 3.25. The van der Waals surface area contributed by atoms with Gasteiger partial charge in [-0.3, -0.25) is 4.79 Å². The average Bonchev–Trinajstić information content (AvgIpc) is 2.72. The third-order valence-corrected chi connectivity index (χ3v) is 2.89. The van der Waals surface area contributed by atoms with Gasteiger partial charge in [0, 0.05) is 18.2 Å². The summed E-state index contributed by atoms with van der Waals surface area (Å²) in [5, 5.41) is 2.89. The Kier molecular flexibility index (Phi) is 3.65. The number of carbonyl (C=O) groups is 1. The molecule has 2 rings (SSSR count). The summed E-state index contributed by atoms with van der Waals surface area (Å²) >= 11 is 0. The number of rotatable bonds is 4. The van der Waals surface area contributed by atoms with Gasteiger partial charge in [0.2, 0.25) is 5.91 Å². The third-order valence-electron chi connectivity index (χ3n) is 2.89. The van der Waals surface area contributed by atoms with Gasteiger partial charge in [-0.1, -0.05) is 6.92 Å². The number of amides is 1. The Bertz CT molecular complexity index is 557. The van der Waals surface area contributed by atoms with Gasteiger partial charge in [-0.2, -0.15) is 0 Å². The van der Waals surface area contributed by atoms with E-state index in [4.69, 9.17) is 0 Å². The molecule has 0 aliphatic heterocycles. The van der Waals surface area contributed by atoms with Gasteiger partial charge in [0.15, 0.2) is 0 Å². The standard InChI is InChI=1S/C14H19N3O/c1-4-5-14(18)16-11-6-7-13-12(8-11)15-9-17(13)10(2)3/h6-10H,4-5H2,1-3H3,(H,16,18). The summed E-state index contributed by atoms with van der Waals surface area (Å²) in [6, 6.07) is 6.23. The highest BCUT2D eigenvalue weighted by Gasteiger charge is 2.07. The average molecular weight is 245 g/mol. The van der Waals surface area contributed by atoms with E-state index in [-0.39, 0.29) is 5.91 Å². The molecule has 0 fully saturated rings. The van der Waals surface area contributed by atoms with Gasteiger partial charge in [0.25, 0.3) is 0 Å². The highest BCUT2D eigenvalue weighted by molar-refractivity contribution is 5.93. The second kappa shape index (κ2) is 5.21. The molecule has 4 nitrogen and oxygen atoms in total. The number of benzene rings is 1. The molecule has 0 atom stereocenters. The van der Waals surface area contributed by atoms with E-state index in [1.165, 1.54) is 0 Å². The number of imidazole rings is 1. The van der Waals surface area contributed by atoms with Gasteiger partial charge >= 0.3 is 0 Å². The van der Waals surface area contributed by atoms with E-state index in [2.05, 4.69) is 28.7 Å². The first kappa shape index (κ1) is 12.6. The van der Waals surface area contributed by atoms with E-state index in [9.17, 15) is 4.79 Å². The van der Waals surface area contributed by atoms with Crippen LogP contribution >= 0.6 is 0 Å². The van der Waals surface area contributed by atoms with Gasteiger partial charge in [0.1, 0.15) is 0 Å². The van der Waals surface area contributed by atoms with Crippen LogP contribution in [0, 0.1) is 0 Å². The molecular weight excluding hydrogens is 226 g/mol. The molecule has 1 N–H and O–H groups in total. The maximum absolute atomic E-state index is 11.5. The second-order valence-corrected chi connectivity index (χ2v) is 4.75. The molecule has 0 unspecified atom stereocenters. The molecule has 0 saturated carbocycles. The Labute approximate surface area is 107 Å². The molecule has 1 amide bonds. The molecule has 4 heteroatoms. The van der Waals surface area contributed by atoms with Crippen molar-refractivity contribution in [3.8, 4) is 0 Å². The number of hydrogen-bond acceptors (Lipinski definition) is 2. The number of aromatic nitrogens is 2. The number of nitrogens with zero attached hydrogens (tertiary/aromatic N) is 2. The van der Waals surface area contributed by atoms with E-state index in [1.807, 2.05) is 31.5 Å². The second-order valence-electron chi connectivity index (χ2n) is 4.75. The molecule has 96 valence electrons. The van der Waals surface area contributed by atoms with Crippen LogP contribution in [-0.2, 0) is 4.79 Å². The van der Waals surface area contributed by atoms with Crippen LogP contribution in [0.4, 0.5) is 5.69 Å². The van der Waals surface area contributed by atoms with E-state index in [0.717, 1.165) is 23.1 Å². The summed E-state index contributed by atoms with van der Waals surface area (Å²) in [7, 11) is 0. The molecule has 0 aliphatic carbocycles. The van der Waals surface area contributed by atoms with Crippen molar-refractivity contribution in [1.82, 2.24) is 9.55 Å². The van der Waals surface area contributed by atoms with Crippen LogP contribution in [0.3, 0.4) is 0 Å². The summed E-state index contributed by atoms with van der Waals surface area (Å²) in [5.74, 6) is 0.0557. The third kappa shape index (κ3) is 2.53. The summed E-state index contributed by atoms with van der Waals surface area (Å²) in [5.41, 5.74) is 2.83. The number of carbonyl (C=O) groups excluding carboxylic acids is 1. The number of fused-ring (bicyclic) bond motifs is 1. The predicted molar refractivity (Wildman–Crippen MR) is 73.7 cm³/mol. The highest BCUT2D eigenvalue weighted by Crippen LogP contribution is 2.21. The Morgan fingerprint density at radius 2 is 2.22 bits per heavy atom. The van der Waals surface area contributed by atoms with Gasteiger partial charge in [-0.15, -0.1) is 0 Å². The number of anilines is 1. The first-order chi connectivity index (χ1) is 8.61. The lowest BCUT2D eigenvalue weighted by Gasteiger charge is -2.08. The van der Waals surface area contributed by atoms with E-state index >= 15 is 0 Å². The maximum Gasteiger partial charge on any atom is 0.224 e. The van der Waals surface area contributed by atoms with Crippen molar-refractivity contribution in [3.05, 3.63) is 24.5 Å². The summed E-state index contributed by atoms with van der Waals surface area (Å²) in [6.45, 7) is 6.24. The zero-order valence-electron chi connectivity index (χ0n) is 11.1. The van der Waals surface area contributed by atoms with E-state index < -0.39 is 0 Å². The van der Waals surface area contributed by atoms with Crippen molar-refractivity contribution in [1.29, 1.82) is 0 Å². The number of hydrogen-bond donors (Lipinski definition) is 1. The van der Waals surface area contributed by atoms with Crippen LogP contribution in [-0.4, -0.2) is 15.5 Å². The normalized spacial score (nSPS) is 11.1. The van der Waals surface area contributed by atoms with Crippen LogP contribution in [0.25, 0.3) is 11.0 Å². The first-order valence-electron chi connectivity index (χ1n) is 6.38. The SMILES string of the molecule is CCCC(=O)Nc1ccc2c(c1)ncn2C(C)C. The van der Waals surface area contributed by atoms with Crippen LogP contribution in [0.2, 0.25) is 0 Å². The van der Waals surface area contributed by atoms with Crippen molar-refractivity contribution in [3.63, 3.8) is 0 Å². The lowest BCUT2D eigenvalue weighted by atomic mass is 10.2. The van der Waals surface area contributed by atoms with Gasteiger partial charge in [-0.05, 0) is 38.5 Å². The zero-order valence-corrected chi connectivity index (χ0v) is 11.1. The molecule has 1 aromatic carbocycles. The molecule has 0 saturated heterocycles. The van der Waals surface area contributed by atoms with Crippen molar-refractivity contribution in [2.75, 3.05) is 5.32 Å². The minimum Gasteiger partial charge on any atom is -0.328 e. The molecule has 0 bridgehead atoms. The first-order valence-corrected chi connectivity index (χ1v) is 6.38. The van der Waals surface area contributed by atoms with E-state index in [1.54, 1.807) is 0 Å². The van der Waals surface area contributed by atoms with Crippen molar-refractivity contribution >= 4 is 22.6 Å². The zero-order chi connectivity index (χ0) is 13.1. The van der Waals surface area contributed by atoms with Crippen molar-refractivity contribution in [2.45, 2.75) is 39.7 Å². The minimum absolute atomic E-state index is 0.0557. The monoisotopic (exact) mass is 245 g/mol. The Morgan fingerprint density at radius 1 is 1.44 bits per heavy atom. The fraction of sp³-hybridized carbons (Fsp3) is 0.429. The summed E-state index contributed by atoms with van der Waals surface area (Å²) < 4.78 is 2.12. The minimum atomic E-state index is 0.0557. The Hall–Kier alpha value is -1.84. The smallest absolute Gasteiger partial charge is 0.224 e. The van der Waals surface area contributed by atoms with E-state index in [0.29, 0.717) is 12.5 Å². The molecule has 2 aromatic rings. The topological polar surface area (TPSA) is 46.9 Å². The Balaban J connectivity index is 2.26. The molecule has 0 aliphatic rings. The highest BCUT2D eigenvalue weighted by atomic mass is 16.1. The largest absolute Gasteiger partial charge is 0.328 e. The molecule has 0 spiro atoms.